The van der Waals surface area contributed by atoms with E-state index in [4.69, 9.17) is 10.5 Å². The Kier molecular flexibility index (Phi) is 2.74. The van der Waals surface area contributed by atoms with Crippen LogP contribution >= 0.6 is 0 Å². The fourth-order valence-electron chi connectivity index (χ4n) is 2.69. The molecule has 18 heavy (non-hydrogen) atoms. The third-order valence-electron chi connectivity index (χ3n) is 3.70. The maximum atomic E-state index is 6.00. The number of anilines is 1. The van der Waals surface area contributed by atoms with E-state index in [1.165, 1.54) is 0 Å². The van der Waals surface area contributed by atoms with Gasteiger partial charge in [0.25, 0.3) is 0 Å². The molecule has 0 amide bonds. The van der Waals surface area contributed by atoms with Crippen LogP contribution in [0.5, 0.6) is 0 Å². The summed E-state index contributed by atoms with van der Waals surface area (Å²) in [6.45, 7) is 4.62. The van der Waals surface area contributed by atoms with Gasteiger partial charge in [0.2, 0.25) is 5.95 Å². The molecule has 98 valence electrons. The molecule has 3 heterocycles. The molecule has 2 N–H and O–H groups in total. The fraction of sp³-hybridized carbons (Fsp3) is 0.667. The number of imidazole rings is 1. The summed E-state index contributed by atoms with van der Waals surface area (Å²) in [6, 6.07) is 0. The van der Waals surface area contributed by atoms with Crippen molar-refractivity contribution in [3.63, 3.8) is 0 Å². The minimum Gasteiger partial charge on any atom is -0.381 e. The van der Waals surface area contributed by atoms with Gasteiger partial charge in [-0.05, 0) is 25.7 Å². The van der Waals surface area contributed by atoms with Crippen molar-refractivity contribution in [2.45, 2.75) is 26.3 Å². The first-order chi connectivity index (χ1) is 8.66. The highest BCUT2D eigenvalue weighted by atomic mass is 16.5. The standard InChI is InChI=1S/C12H19N5O/c1-8-10-11(16(2)15-8)17(12(13)14-10)5-3-9-4-6-18-7-9/h9H,3-7H2,1-2H3,(H2,13,14). The van der Waals surface area contributed by atoms with E-state index in [0.717, 1.165) is 49.5 Å². The zero-order chi connectivity index (χ0) is 12.7. The normalized spacial score (nSPS) is 20.0. The van der Waals surface area contributed by atoms with Crippen molar-refractivity contribution in [3.8, 4) is 0 Å². The zero-order valence-electron chi connectivity index (χ0n) is 10.9. The molecular formula is C12H19N5O. The minimum atomic E-state index is 0.583. The summed E-state index contributed by atoms with van der Waals surface area (Å²) >= 11 is 0. The molecule has 0 spiro atoms. The highest BCUT2D eigenvalue weighted by molar-refractivity contribution is 5.77. The number of hydrogen-bond acceptors (Lipinski definition) is 4. The van der Waals surface area contributed by atoms with Crippen LogP contribution in [-0.2, 0) is 18.3 Å². The van der Waals surface area contributed by atoms with E-state index < -0.39 is 0 Å². The number of aryl methyl sites for hydroxylation is 3. The highest BCUT2D eigenvalue weighted by Crippen LogP contribution is 2.23. The van der Waals surface area contributed by atoms with E-state index >= 15 is 0 Å². The molecule has 6 nitrogen and oxygen atoms in total. The summed E-state index contributed by atoms with van der Waals surface area (Å²) in [4.78, 5) is 4.40. The first-order valence-corrected chi connectivity index (χ1v) is 6.40. The van der Waals surface area contributed by atoms with Gasteiger partial charge in [-0.15, -0.1) is 0 Å². The molecular weight excluding hydrogens is 230 g/mol. The van der Waals surface area contributed by atoms with Crippen molar-refractivity contribution in [3.05, 3.63) is 5.69 Å². The molecule has 1 aliphatic heterocycles. The topological polar surface area (TPSA) is 70.9 Å². The SMILES string of the molecule is Cc1nn(C)c2c1nc(N)n2CCC1CCOC1. The average molecular weight is 249 g/mol. The third-order valence-corrected chi connectivity index (χ3v) is 3.70. The van der Waals surface area contributed by atoms with Crippen molar-refractivity contribution in [1.29, 1.82) is 0 Å². The predicted molar refractivity (Wildman–Crippen MR) is 69.2 cm³/mol. The molecule has 1 atom stereocenters. The molecule has 1 unspecified atom stereocenters. The van der Waals surface area contributed by atoms with Crippen LogP contribution in [0.4, 0.5) is 5.95 Å². The molecule has 1 aliphatic rings. The Labute approximate surface area is 106 Å². The predicted octanol–water partition coefficient (Wildman–Crippen LogP) is 1.09. The number of fused-ring (bicyclic) bond motifs is 1. The second-order valence-electron chi connectivity index (χ2n) is 5.02. The summed E-state index contributed by atoms with van der Waals surface area (Å²) in [5, 5.41) is 4.38. The monoisotopic (exact) mass is 249 g/mol. The first kappa shape index (κ1) is 11.5. The molecule has 1 fully saturated rings. The van der Waals surface area contributed by atoms with Gasteiger partial charge in [-0.1, -0.05) is 0 Å². The van der Waals surface area contributed by atoms with E-state index in [9.17, 15) is 0 Å². The largest absolute Gasteiger partial charge is 0.381 e. The summed E-state index contributed by atoms with van der Waals surface area (Å²) < 4.78 is 9.32. The lowest BCUT2D eigenvalue weighted by Gasteiger charge is -2.10. The third kappa shape index (κ3) is 1.77. The quantitative estimate of drug-likeness (QED) is 0.883. The Morgan fingerprint density at radius 1 is 1.50 bits per heavy atom. The van der Waals surface area contributed by atoms with Gasteiger partial charge in [0.05, 0.1) is 5.69 Å². The van der Waals surface area contributed by atoms with E-state index in [2.05, 4.69) is 14.6 Å². The number of ether oxygens (including phenoxy) is 1. The minimum absolute atomic E-state index is 0.583. The van der Waals surface area contributed by atoms with Crippen LogP contribution in [-0.4, -0.2) is 32.5 Å². The lowest BCUT2D eigenvalue weighted by Crippen LogP contribution is -2.10. The first-order valence-electron chi connectivity index (χ1n) is 6.40. The molecule has 6 heteroatoms. The lowest BCUT2D eigenvalue weighted by atomic mass is 10.1. The average Bonchev–Trinajstić information content (AvgIpc) is 2.98. The van der Waals surface area contributed by atoms with Gasteiger partial charge < -0.3 is 10.5 Å². The van der Waals surface area contributed by atoms with Crippen LogP contribution in [0.1, 0.15) is 18.5 Å². The Hall–Kier alpha value is -1.56. The number of hydrogen-bond donors (Lipinski definition) is 1. The van der Waals surface area contributed by atoms with Crippen LogP contribution in [0.3, 0.4) is 0 Å². The van der Waals surface area contributed by atoms with Crippen LogP contribution in [0.15, 0.2) is 0 Å². The fourth-order valence-corrected chi connectivity index (χ4v) is 2.69. The molecule has 0 aromatic carbocycles. The van der Waals surface area contributed by atoms with Crippen molar-refractivity contribution in [2.24, 2.45) is 13.0 Å². The van der Waals surface area contributed by atoms with Gasteiger partial charge in [-0.2, -0.15) is 5.10 Å². The van der Waals surface area contributed by atoms with Crippen LogP contribution in [0, 0.1) is 12.8 Å². The van der Waals surface area contributed by atoms with Crippen molar-refractivity contribution in [2.75, 3.05) is 18.9 Å². The number of nitrogens with zero attached hydrogens (tertiary/aromatic N) is 4. The van der Waals surface area contributed by atoms with Gasteiger partial charge >= 0.3 is 0 Å². The summed E-state index contributed by atoms with van der Waals surface area (Å²) in [7, 11) is 1.94. The van der Waals surface area contributed by atoms with E-state index in [0.29, 0.717) is 11.9 Å². The summed E-state index contributed by atoms with van der Waals surface area (Å²) in [6.07, 6.45) is 2.24. The Balaban J connectivity index is 1.88. The van der Waals surface area contributed by atoms with Crippen molar-refractivity contribution >= 4 is 17.1 Å². The van der Waals surface area contributed by atoms with E-state index in [1.54, 1.807) is 0 Å². The van der Waals surface area contributed by atoms with Crippen molar-refractivity contribution < 1.29 is 4.74 Å². The Morgan fingerprint density at radius 3 is 3.06 bits per heavy atom. The Bertz CT molecular complexity index is 565. The zero-order valence-corrected chi connectivity index (χ0v) is 10.9. The molecule has 0 aliphatic carbocycles. The molecule has 2 aromatic heterocycles. The maximum Gasteiger partial charge on any atom is 0.202 e. The van der Waals surface area contributed by atoms with Crippen LogP contribution in [0.25, 0.3) is 11.2 Å². The molecule has 1 saturated heterocycles. The van der Waals surface area contributed by atoms with Gasteiger partial charge in [-0.25, -0.2) is 4.98 Å². The van der Waals surface area contributed by atoms with Crippen LogP contribution < -0.4 is 5.73 Å². The van der Waals surface area contributed by atoms with E-state index in [1.807, 2.05) is 18.7 Å². The van der Waals surface area contributed by atoms with Gasteiger partial charge in [-0.3, -0.25) is 9.25 Å². The van der Waals surface area contributed by atoms with E-state index in [-0.39, 0.29) is 0 Å². The molecule has 0 radical (unpaired) electrons. The molecule has 0 saturated carbocycles. The van der Waals surface area contributed by atoms with Gasteiger partial charge in [0.1, 0.15) is 5.52 Å². The second-order valence-corrected chi connectivity index (χ2v) is 5.02. The maximum absolute atomic E-state index is 6.00. The highest BCUT2D eigenvalue weighted by Gasteiger charge is 2.19. The number of rotatable bonds is 3. The summed E-state index contributed by atoms with van der Waals surface area (Å²) in [5.41, 5.74) is 8.86. The molecule has 2 aromatic rings. The second kappa shape index (κ2) is 4.28. The van der Waals surface area contributed by atoms with Crippen molar-refractivity contribution in [1.82, 2.24) is 19.3 Å². The lowest BCUT2D eigenvalue weighted by molar-refractivity contribution is 0.183. The Morgan fingerprint density at radius 2 is 2.33 bits per heavy atom. The van der Waals surface area contributed by atoms with Crippen LogP contribution in [0.2, 0.25) is 0 Å². The summed E-state index contributed by atoms with van der Waals surface area (Å²) in [5.74, 6) is 1.23. The molecule has 3 rings (SSSR count). The number of aromatic nitrogens is 4. The smallest absolute Gasteiger partial charge is 0.202 e. The number of nitrogen functional groups attached to an aromatic ring is 1. The number of nitrogens with two attached hydrogens (primary N) is 1. The molecule has 0 bridgehead atoms. The van der Waals surface area contributed by atoms with Gasteiger partial charge in [0.15, 0.2) is 5.65 Å². The van der Waals surface area contributed by atoms with Gasteiger partial charge in [0, 0.05) is 26.8 Å².